The van der Waals surface area contributed by atoms with Crippen LogP contribution in [0.25, 0.3) is 10.9 Å². The molecule has 0 saturated heterocycles. The van der Waals surface area contributed by atoms with Gasteiger partial charge in [0.1, 0.15) is 0 Å². The first-order chi connectivity index (χ1) is 8.81. The number of nitrogens with one attached hydrogen (secondary N) is 1. The quantitative estimate of drug-likeness (QED) is 0.540. The molecule has 0 spiro atoms. The zero-order chi connectivity index (χ0) is 12.8. The number of anilines is 2. The van der Waals surface area contributed by atoms with E-state index in [1.807, 2.05) is 24.3 Å². The maximum atomic E-state index is 8.71. The summed E-state index contributed by atoms with van der Waals surface area (Å²) in [6, 6.07) is 7.74. The Balaban J connectivity index is 2.04. The number of nitrogen functional groups attached to an aromatic ring is 1. The average molecular weight is 245 g/mol. The fraction of sp³-hybridized carbons (Fsp3) is 0.357. The van der Waals surface area contributed by atoms with Gasteiger partial charge in [0, 0.05) is 36.1 Å². The molecular formula is C14H19N3O. The highest BCUT2D eigenvalue weighted by atomic mass is 16.2. The van der Waals surface area contributed by atoms with Crippen LogP contribution in [0.15, 0.2) is 30.5 Å². The molecule has 0 saturated carbocycles. The summed E-state index contributed by atoms with van der Waals surface area (Å²) < 4.78 is 0. The van der Waals surface area contributed by atoms with Gasteiger partial charge in [-0.1, -0.05) is 0 Å². The summed E-state index contributed by atoms with van der Waals surface area (Å²) in [5.74, 6) is 0. The van der Waals surface area contributed by atoms with Crippen LogP contribution in [0.1, 0.15) is 19.3 Å². The molecule has 1 aromatic carbocycles. The highest BCUT2D eigenvalue weighted by Crippen LogP contribution is 2.23. The standard InChI is InChI=1S/C14H19N3O/c15-11-4-5-12-13(6-8-17-14(12)10-11)16-7-2-1-3-9-18/h4-6,8,10,18H,1-3,7,9,15H2,(H,16,17). The van der Waals surface area contributed by atoms with Crippen molar-refractivity contribution in [3.63, 3.8) is 0 Å². The number of benzene rings is 1. The molecule has 0 fully saturated rings. The molecule has 0 amide bonds. The summed E-state index contributed by atoms with van der Waals surface area (Å²) >= 11 is 0. The van der Waals surface area contributed by atoms with Crippen LogP contribution in [0.2, 0.25) is 0 Å². The van der Waals surface area contributed by atoms with E-state index < -0.39 is 0 Å². The van der Waals surface area contributed by atoms with E-state index in [4.69, 9.17) is 10.8 Å². The van der Waals surface area contributed by atoms with Crippen LogP contribution in [-0.2, 0) is 0 Å². The summed E-state index contributed by atoms with van der Waals surface area (Å²) in [6.45, 7) is 1.18. The lowest BCUT2D eigenvalue weighted by Crippen LogP contribution is -2.02. The number of aliphatic hydroxyl groups excluding tert-OH is 1. The van der Waals surface area contributed by atoms with Crippen molar-refractivity contribution in [1.82, 2.24) is 4.98 Å². The van der Waals surface area contributed by atoms with Gasteiger partial charge in [-0.2, -0.15) is 0 Å². The minimum Gasteiger partial charge on any atom is -0.399 e. The Bertz CT molecular complexity index is 513. The number of pyridine rings is 1. The number of unbranched alkanes of at least 4 members (excludes halogenated alkanes) is 2. The number of nitrogens with zero attached hydrogens (tertiary/aromatic N) is 1. The molecule has 1 aromatic heterocycles. The molecule has 0 bridgehead atoms. The van der Waals surface area contributed by atoms with E-state index in [-0.39, 0.29) is 6.61 Å². The van der Waals surface area contributed by atoms with Crippen molar-refractivity contribution in [3.8, 4) is 0 Å². The first kappa shape index (κ1) is 12.6. The first-order valence-corrected chi connectivity index (χ1v) is 6.30. The van der Waals surface area contributed by atoms with Gasteiger partial charge in [0.05, 0.1) is 5.52 Å². The monoisotopic (exact) mass is 245 g/mol. The topological polar surface area (TPSA) is 71.2 Å². The molecule has 0 aliphatic rings. The van der Waals surface area contributed by atoms with Gasteiger partial charge in [-0.05, 0) is 43.5 Å². The Morgan fingerprint density at radius 2 is 2.06 bits per heavy atom. The van der Waals surface area contributed by atoms with E-state index >= 15 is 0 Å². The molecule has 4 heteroatoms. The second kappa shape index (κ2) is 6.21. The van der Waals surface area contributed by atoms with Gasteiger partial charge in [-0.15, -0.1) is 0 Å². The number of hydrogen-bond acceptors (Lipinski definition) is 4. The normalized spacial score (nSPS) is 10.7. The summed E-state index contributed by atoms with van der Waals surface area (Å²) in [5, 5.41) is 13.2. The van der Waals surface area contributed by atoms with Crippen molar-refractivity contribution in [2.75, 3.05) is 24.2 Å². The number of aliphatic hydroxyl groups is 1. The molecule has 2 aromatic rings. The Morgan fingerprint density at radius 1 is 1.17 bits per heavy atom. The molecule has 18 heavy (non-hydrogen) atoms. The maximum absolute atomic E-state index is 8.71. The summed E-state index contributed by atoms with van der Waals surface area (Å²) in [4.78, 5) is 4.31. The van der Waals surface area contributed by atoms with Gasteiger partial charge in [-0.3, -0.25) is 4.98 Å². The number of rotatable bonds is 6. The van der Waals surface area contributed by atoms with E-state index in [0.717, 1.165) is 48.1 Å². The van der Waals surface area contributed by atoms with Gasteiger partial charge >= 0.3 is 0 Å². The third-order valence-electron chi connectivity index (χ3n) is 2.92. The average Bonchev–Trinajstić information content (AvgIpc) is 2.38. The number of aromatic nitrogens is 1. The van der Waals surface area contributed by atoms with E-state index in [9.17, 15) is 0 Å². The summed E-state index contributed by atoms with van der Waals surface area (Å²) in [7, 11) is 0. The second-order valence-corrected chi connectivity index (χ2v) is 4.35. The molecule has 0 atom stereocenters. The molecule has 0 unspecified atom stereocenters. The Kier molecular flexibility index (Phi) is 4.36. The van der Waals surface area contributed by atoms with Crippen molar-refractivity contribution in [2.45, 2.75) is 19.3 Å². The van der Waals surface area contributed by atoms with Crippen LogP contribution >= 0.6 is 0 Å². The second-order valence-electron chi connectivity index (χ2n) is 4.35. The maximum Gasteiger partial charge on any atom is 0.0743 e. The lowest BCUT2D eigenvalue weighted by atomic mass is 10.1. The largest absolute Gasteiger partial charge is 0.399 e. The number of nitrogens with two attached hydrogens (primary N) is 1. The third-order valence-corrected chi connectivity index (χ3v) is 2.92. The molecule has 0 aliphatic carbocycles. The summed E-state index contributed by atoms with van der Waals surface area (Å²) in [5.41, 5.74) is 8.48. The van der Waals surface area contributed by atoms with Crippen molar-refractivity contribution in [1.29, 1.82) is 0 Å². The van der Waals surface area contributed by atoms with Gasteiger partial charge in [0.2, 0.25) is 0 Å². The van der Waals surface area contributed by atoms with Crippen molar-refractivity contribution >= 4 is 22.3 Å². The highest BCUT2D eigenvalue weighted by molar-refractivity contribution is 5.92. The lowest BCUT2D eigenvalue weighted by Gasteiger charge is -2.09. The number of hydrogen-bond donors (Lipinski definition) is 3. The van der Waals surface area contributed by atoms with Crippen LogP contribution in [0.3, 0.4) is 0 Å². The SMILES string of the molecule is Nc1ccc2c(NCCCCCO)ccnc2c1. The molecule has 2 rings (SSSR count). The van der Waals surface area contributed by atoms with Crippen LogP contribution in [0, 0.1) is 0 Å². The smallest absolute Gasteiger partial charge is 0.0743 e. The fourth-order valence-electron chi connectivity index (χ4n) is 1.96. The van der Waals surface area contributed by atoms with E-state index in [0.29, 0.717) is 0 Å². The molecular weight excluding hydrogens is 226 g/mol. The molecule has 4 nitrogen and oxygen atoms in total. The van der Waals surface area contributed by atoms with Crippen LogP contribution in [-0.4, -0.2) is 23.2 Å². The summed E-state index contributed by atoms with van der Waals surface area (Å²) in [6.07, 6.45) is 4.76. The van der Waals surface area contributed by atoms with Gasteiger partial charge in [-0.25, -0.2) is 0 Å². The van der Waals surface area contributed by atoms with Gasteiger partial charge in [0.15, 0.2) is 0 Å². The van der Waals surface area contributed by atoms with Crippen molar-refractivity contribution in [2.24, 2.45) is 0 Å². The fourth-order valence-corrected chi connectivity index (χ4v) is 1.96. The molecule has 0 radical (unpaired) electrons. The third kappa shape index (κ3) is 3.11. The molecule has 0 aliphatic heterocycles. The minimum atomic E-state index is 0.275. The van der Waals surface area contributed by atoms with Crippen LogP contribution in [0.5, 0.6) is 0 Å². The van der Waals surface area contributed by atoms with E-state index in [1.165, 1.54) is 0 Å². The first-order valence-electron chi connectivity index (χ1n) is 6.30. The zero-order valence-electron chi connectivity index (χ0n) is 10.4. The van der Waals surface area contributed by atoms with Crippen molar-refractivity contribution < 1.29 is 5.11 Å². The van der Waals surface area contributed by atoms with Gasteiger partial charge < -0.3 is 16.2 Å². The van der Waals surface area contributed by atoms with Crippen LogP contribution < -0.4 is 11.1 Å². The zero-order valence-corrected chi connectivity index (χ0v) is 10.4. The highest BCUT2D eigenvalue weighted by Gasteiger charge is 2.01. The minimum absolute atomic E-state index is 0.275. The molecule has 96 valence electrons. The van der Waals surface area contributed by atoms with E-state index in [2.05, 4.69) is 10.3 Å². The van der Waals surface area contributed by atoms with E-state index in [1.54, 1.807) is 6.20 Å². The Labute approximate surface area is 107 Å². The predicted molar refractivity (Wildman–Crippen MR) is 75.6 cm³/mol. The van der Waals surface area contributed by atoms with Crippen molar-refractivity contribution in [3.05, 3.63) is 30.5 Å². The Morgan fingerprint density at radius 3 is 2.89 bits per heavy atom. The predicted octanol–water partition coefficient (Wildman–Crippen LogP) is 2.39. The molecule has 4 N–H and O–H groups in total. The Hall–Kier alpha value is -1.81. The van der Waals surface area contributed by atoms with Crippen LogP contribution in [0.4, 0.5) is 11.4 Å². The lowest BCUT2D eigenvalue weighted by molar-refractivity contribution is 0.283. The molecule has 1 heterocycles. The van der Waals surface area contributed by atoms with Gasteiger partial charge in [0.25, 0.3) is 0 Å². The number of fused-ring (bicyclic) bond motifs is 1.